The maximum absolute atomic E-state index is 12.9. The largest absolute Gasteiger partial charge is 0.418 e. The number of hydrogen-bond acceptors (Lipinski definition) is 2. The Morgan fingerprint density at radius 3 is 2.59 bits per heavy atom. The van der Waals surface area contributed by atoms with Crippen LogP contribution in [0.2, 0.25) is 0 Å². The van der Waals surface area contributed by atoms with E-state index >= 15 is 0 Å². The summed E-state index contributed by atoms with van der Waals surface area (Å²) in [4.78, 5) is 0. The van der Waals surface area contributed by atoms with Crippen LogP contribution in [0.1, 0.15) is 16.8 Å². The molecule has 0 bridgehead atoms. The van der Waals surface area contributed by atoms with Crippen molar-refractivity contribution in [2.24, 2.45) is 7.05 Å². The molecule has 0 unspecified atom stereocenters. The molecule has 8 heteroatoms. The van der Waals surface area contributed by atoms with Gasteiger partial charge in [-0.2, -0.15) is 18.3 Å². The predicted octanol–water partition coefficient (Wildman–Crippen LogP) is 3.23. The van der Waals surface area contributed by atoms with Crippen molar-refractivity contribution >= 4 is 23.0 Å². The van der Waals surface area contributed by atoms with Gasteiger partial charge in [-0.25, -0.2) is 0 Å². The van der Waals surface area contributed by atoms with Gasteiger partial charge in [0.2, 0.25) is 0 Å². The molecule has 1 aromatic heterocycles. The molecule has 1 aromatic carbocycles. The third kappa shape index (κ3) is 3.97. The molecule has 2 aromatic rings. The van der Waals surface area contributed by atoms with Crippen LogP contribution in [-0.4, -0.2) is 14.9 Å². The third-order valence-corrected chi connectivity index (χ3v) is 3.28. The Morgan fingerprint density at radius 1 is 1.32 bits per heavy atom. The van der Waals surface area contributed by atoms with Gasteiger partial charge in [-0.05, 0) is 31.3 Å². The number of nitrogens with zero attached hydrogens (tertiary/aromatic N) is 2. The molecule has 0 amide bonds. The Bertz CT molecular complexity index is 679. The van der Waals surface area contributed by atoms with Crippen molar-refractivity contribution in [1.82, 2.24) is 15.1 Å². The SMILES string of the molecule is Cc1nn(C)cc1CNC(=S)Nc1ccccc1C(F)(F)F. The van der Waals surface area contributed by atoms with E-state index in [0.29, 0.717) is 6.54 Å². The average Bonchev–Trinajstić information content (AvgIpc) is 2.74. The third-order valence-electron chi connectivity index (χ3n) is 3.04. The highest BCUT2D eigenvalue weighted by molar-refractivity contribution is 7.80. The molecule has 0 fully saturated rings. The second-order valence-corrected chi connectivity index (χ2v) is 5.17. The topological polar surface area (TPSA) is 41.9 Å². The molecule has 0 spiro atoms. The molecule has 0 saturated heterocycles. The van der Waals surface area contributed by atoms with Crippen LogP contribution in [0, 0.1) is 6.92 Å². The van der Waals surface area contributed by atoms with Crippen LogP contribution in [0.15, 0.2) is 30.5 Å². The van der Waals surface area contributed by atoms with Crippen LogP contribution >= 0.6 is 12.2 Å². The van der Waals surface area contributed by atoms with Crippen molar-refractivity contribution in [3.63, 3.8) is 0 Å². The van der Waals surface area contributed by atoms with Gasteiger partial charge in [0.15, 0.2) is 5.11 Å². The van der Waals surface area contributed by atoms with Gasteiger partial charge in [-0.15, -0.1) is 0 Å². The molecule has 2 rings (SSSR count). The first-order chi connectivity index (χ1) is 10.3. The fraction of sp³-hybridized carbons (Fsp3) is 0.286. The Balaban J connectivity index is 2.02. The van der Waals surface area contributed by atoms with Crippen molar-refractivity contribution in [3.05, 3.63) is 47.3 Å². The van der Waals surface area contributed by atoms with Crippen molar-refractivity contribution < 1.29 is 13.2 Å². The maximum atomic E-state index is 12.9. The van der Waals surface area contributed by atoms with Gasteiger partial charge in [0.25, 0.3) is 0 Å². The number of para-hydroxylation sites is 1. The fourth-order valence-corrected chi connectivity index (χ4v) is 2.19. The molecule has 0 aliphatic heterocycles. The fourth-order valence-electron chi connectivity index (χ4n) is 2.00. The van der Waals surface area contributed by atoms with Gasteiger partial charge in [0.1, 0.15) is 0 Å². The molecule has 0 radical (unpaired) electrons. The van der Waals surface area contributed by atoms with Crippen molar-refractivity contribution in [1.29, 1.82) is 0 Å². The quantitative estimate of drug-likeness (QED) is 0.849. The summed E-state index contributed by atoms with van der Waals surface area (Å²) in [5.41, 5.74) is 0.941. The smallest absolute Gasteiger partial charge is 0.358 e. The number of hydrogen-bond donors (Lipinski definition) is 2. The normalized spacial score (nSPS) is 11.3. The van der Waals surface area contributed by atoms with Crippen LogP contribution in [0.4, 0.5) is 18.9 Å². The lowest BCUT2D eigenvalue weighted by Gasteiger charge is -2.15. The second-order valence-electron chi connectivity index (χ2n) is 4.76. The summed E-state index contributed by atoms with van der Waals surface area (Å²) in [5.74, 6) is 0. The van der Waals surface area contributed by atoms with Crippen LogP contribution in [0.5, 0.6) is 0 Å². The number of aryl methyl sites for hydroxylation is 2. The van der Waals surface area contributed by atoms with E-state index in [0.717, 1.165) is 17.3 Å². The average molecular weight is 328 g/mol. The standard InChI is InChI=1S/C14H15F3N4S/c1-9-10(8-21(2)20-9)7-18-13(22)19-12-6-4-3-5-11(12)14(15,16)17/h3-6,8H,7H2,1-2H3,(H2,18,19,22). The molecular weight excluding hydrogens is 313 g/mol. The molecule has 0 atom stereocenters. The first-order valence-corrected chi connectivity index (χ1v) is 6.88. The van der Waals surface area contributed by atoms with Crippen LogP contribution in [0.25, 0.3) is 0 Å². The first-order valence-electron chi connectivity index (χ1n) is 6.47. The van der Waals surface area contributed by atoms with Gasteiger partial charge < -0.3 is 10.6 Å². The second kappa shape index (κ2) is 6.35. The Labute approximate surface area is 131 Å². The summed E-state index contributed by atoms with van der Waals surface area (Å²) in [6.45, 7) is 2.24. The predicted molar refractivity (Wildman–Crippen MR) is 82.4 cm³/mol. The summed E-state index contributed by atoms with van der Waals surface area (Å²) in [5, 5.41) is 9.78. The van der Waals surface area contributed by atoms with E-state index < -0.39 is 11.7 Å². The first kappa shape index (κ1) is 16.3. The number of benzene rings is 1. The Hall–Kier alpha value is -2.09. The lowest BCUT2D eigenvalue weighted by molar-refractivity contribution is -0.136. The van der Waals surface area contributed by atoms with E-state index in [1.807, 2.05) is 13.1 Å². The summed E-state index contributed by atoms with van der Waals surface area (Å²) in [6, 6.07) is 5.21. The number of thiocarbonyl (C=S) groups is 1. The lowest BCUT2D eigenvalue weighted by Crippen LogP contribution is -2.29. The highest BCUT2D eigenvalue weighted by atomic mass is 32.1. The Morgan fingerprint density at radius 2 is 2.00 bits per heavy atom. The number of halogens is 3. The Kier molecular flexibility index (Phi) is 4.70. The van der Waals surface area contributed by atoms with Crippen molar-refractivity contribution in [2.45, 2.75) is 19.6 Å². The minimum atomic E-state index is -4.43. The van der Waals surface area contributed by atoms with Gasteiger partial charge in [0.05, 0.1) is 16.9 Å². The number of rotatable bonds is 3. The lowest BCUT2D eigenvalue weighted by atomic mass is 10.1. The summed E-state index contributed by atoms with van der Waals surface area (Å²) in [6.07, 6.45) is -2.60. The highest BCUT2D eigenvalue weighted by Gasteiger charge is 2.33. The zero-order valence-corrected chi connectivity index (χ0v) is 12.8. The minimum absolute atomic E-state index is 0.0737. The maximum Gasteiger partial charge on any atom is 0.418 e. The summed E-state index contributed by atoms with van der Waals surface area (Å²) >= 11 is 5.05. The molecule has 0 aliphatic carbocycles. The van der Waals surface area contributed by atoms with Gasteiger partial charge in [-0.1, -0.05) is 12.1 Å². The number of alkyl halides is 3. The van der Waals surface area contributed by atoms with Crippen LogP contribution in [-0.2, 0) is 19.8 Å². The molecule has 2 N–H and O–H groups in total. The van der Waals surface area contributed by atoms with Crippen LogP contribution < -0.4 is 10.6 Å². The highest BCUT2D eigenvalue weighted by Crippen LogP contribution is 2.34. The molecule has 4 nitrogen and oxygen atoms in total. The monoisotopic (exact) mass is 328 g/mol. The van der Waals surface area contributed by atoms with E-state index in [-0.39, 0.29) is 10.8 Å². The van der Waals surface area contributed by atoms with E-state index in [4.69, 9.17) is 12.2 Å². The minimum Gasteiger partial charge on any atom is -0.358 e. The van der Waals surface area contributed by atoms with E-state index in [1.165, 1.54) is 18.2 Å². The van der Waals surface area contributed by atoms with Crippen molar-refractivity contribution in [2.75, 3.05) is 5.32 Å². The zero-order valence-electron chi connectivity index (χ0n) is 12.0. The van der Waals surface area contributed by atoms with E-state index in [9.17, 15) is 13.2 Å². The number of anilines is 1. The van der Waals surface area contributed by atoms with Gasteiger partial charge >= 0.3 is 6.18 Å². The molecule has 118 valence electrons. The van der Waals surface area contributed by atoms with Crippen LogP contribution in [0.3, 0.4) is 0 Å². The molecule has 0 saturated carbocycles. The van der Waals surface area contributed by atoms with Gasteiger partial charge in [0, 0.05) is 25.4 Å². The molecule has 0 aliphatic rings. The van der Waals surface area contributed by atoms with E-state index in [2.05, 4.69) is 15.7 Å². The summed E-state index contributed by atoms with van der Waals surface area (Å²) < 4.78 is 40.3. The van der Waals surface area contributed by atoms with Gasteiger partial charge in [-0.3, -0.25) is 4.68 Å². The van der Waals surface area contributed by atoms with Crippen molar-refractivity contribution in [3.8, 4) is 0 Å². The molecule has 1 heterocycles. The number of nitrogens with one attached hydrogen (secondary N) is 2. The zero-order chi connectivity index (χ0) is 16.3. The molecular formula is C14H15F3N4S. The number of aromatic nitrogens is 2. The summed E-state index contributed by atoms with van der Waals surface area (Å²) in [7, 11) is 1.80. The van der Waals surface area contributed by atoms with E-state index in [1.54, 1.807) is 11.7 Å². The molecule has 22 heavy (non-hydrogen) atoms.